The van der Waals surface area contributed by atoms with E-state index in [2.05, 4.69) is 40.6 Å². The van der Waals surface area contributed by atoms with Crippen molar-refractivity contribution < 1.29 is 4.79 Å². The molecule has 0 saturated heterocycles. The second-order valence-electron chi connectivity index (χ2n) is 7.50. The maximum absolute atomic E-state index is 12.6. The summed E-state index contributed by atoms with van der Waals surface area (Å²) in [6.45, 7) is 6.09. The number of aryl methyl sites for hydroxylation is 3. The highest BCUT2D eigenvalue weighted by Gasteiger charge is 2.17. The molecular formula is C25H24N4OS. The van der Waals surface area contributed by atoms with Gasteiger partial charge >= 0.3 is 0 Å². The second-order valence-corrected chi connectivity index (χ2v) is 8.44. The number of aromatic nitrogens is 3. The van der Waals surface area contributed by atoms with Crippen LogP contribution in [0.2, 0.25) is 0 Å². The highest BCUT2D eigenvalue weighted by Crippen LogP contribution is 2.28. The van der Waals surface area contributed by atoms with Crippen molar-refractivity contribution in [1.82, 2.24) is 14.8 Å². The average molecular weight is 429 g/mol. The van der Waals surface area contributed by atoms with Gasteiger partial charge in [-0.3, -0.25) is 9.36 Å². The molecule has 0 aliphatic rings. The Bertz CT molecular complexity index is 1220. The monoisotopic (exact) mass is 428 g/mol. The number of amides is 1. The maximum atomic E-state index is 12.6. The van der Waals surface area contributed by atoms with E-state index in [0.717, 1.165) is 33.9 Å². The Kier molecular flexibility index (Phi) is 6.18. The molecule has 0 saturated carbocycles. The zero-order valence-electron chi connectivity index (χ0n) is 17.8. The lowest BCUT2D eigenvalue weighted by Gasteiger charge is -2.11. The lowest BCUT2D eigenvalue weighted by atomic mass is 10.1. The van der Waals surface area contributed by atoms with Crippen LogP contribution in [0, 0.1) is 20.8 Å². The standard InChI is InChI=1S/C25H24N4OS/c1-17-8-7-9-20(15-17)24-27-28-25(29(24)21-10-5-4-6-11-21)31-16-23(30)26-22-13-12-18(2)14-19(22)3/h4-15H,16H2,1-3H3,(H,26,30). The van der Waals surface area contributed by atoms with E-state index in [1.54, 1.807) is 0 Å². The minimum absolute atomic E-state index is 0.0725. The van der Waals surface area contributed by atoms with Crippen LogP contribution in [0.4, 0.5) is 5.69 Å². The first-order chi connectivity index (χ1) is 15.0. The topological polar surface area (TPSA) is 59.8 Å². The molecule has 1 aromatic heterocycles. The summed E-state index contributed by atoms with van der Waals surface area (Å²) in [6, 6.07) is 24.2. The SMILES string of the molecule is Cc1cccc(-c2nnc(SCC(=O)Nc3ccc(C)cc3C)n2-c2ccccc2)c1. The summed E-state index contributed by atoms with van der Waals surface area (Å²) in [7, 11) is 0. The number of hydrogen-bond donors (Lipinski definition) is 1. The quantitative estimate of drug-likeness (QED) is 0.407. The van der Waals surface area contributed by atoms with Crippen molar-refractivity contribution in [2.24, 2.45) is 0 Å². The number of anilines is 1. The normalized spacial score (nSPS) is 10.8. The van der Waals surface area contributed by atoms with Crippen LogP contribution in [-0.2, 0) is 4.79 Å². The van der Waals surface area contributed by atoms with Gasteiger partial charge in [0, 0.05) is 16.9 Å². The van der Waals surface area contributed by atoms with E-state index in [9.17, 15) is 4.79 Å². The van der Waals surface area contributed by atoms with E-state index >= 15 is 0 Å². The first-order valence-electron chi connectivity index (χ1n) is 10.1. The largest absolute Gasteiger partial charge is 0.325 e. The smallest absolute Gasteiger partial charge is 0.234 e. The fraction of sp³-hybridized carbons (Fsp3) is 0.160. The molecule has 0 fully saturated rings. The van der Waals surface area contributed by atoms with Gasteiger partial charge in [0.1, 0.15) is 0 Å². The Morgan fingerprint density at radius 3 is 2.42 bits per heavy atom. The number of carbonyl (C=O) groups excluding carboxylic acids is 1. The average Bonchev–Trinajstić information content (AvgIpc) is 3.19. The Morgan fingerprint density at radius 2 is 1.68 bits per heavy atom. The summed E-state index contributed by atoms with van der Waals surface area (Å²) >= 11 is 1.38. The zero-order valence-corrected chi connectivity index (χ0v) is 18.6. The molecule has 0 bridgehead atoms. The van der Waals surface area contributed by atoms with Gasteiger partial charge < -0.3 is 5.32 Å². The van der Waals surface area contributed by atoms with E-state index < -0.39 is 0 Å². The third-order valence-corrected chi connectivity index (χ3v) is 5.84. The number of para-hydroxylation sites is 1. The molecular weight excluding hydrogens is 404 g/mol. The lowest BCUT2D eigenvalue weighted by Crippen LogP contribution is -2.15. The molecule has 156 valence electrons. The van der Waals surface area contributed by atoms with Gasteiger partial charge in [-0.1, -0.05) is 71.4 Å². The molecule has 1 heterocycles. The Hall–Kier alpha value is -3.38. The fourth-order valence-electron chi connectivity index (χ4n) is 3.41. The van der Waals surface area contributed by atoms with Gasteiger partial charge in [-0.05, 0) is 50.6 Å². The van der Waals surface area contributed by atoms with Crippen LogP contribution in [-0.4, -0.2) is 26.4 Å². The second kappa shape index (κ2) is 9.18. The predicted molar refractivity (Wildman–Crippen MR) is 127 cm³/mol. The number of carbonyl (C=O) groups is 1. The Morgan fingerprint density at radius 1 is 0.903 bits per heavy atom. The van der Waals surface area contributed by atoms with Crippen molar-refractivity contribution in [3.63, 3.8) is 0 Å². The number of thioether (sulfide) groups is 1. The van der Waals surface area contributed by atoms with Crippen LogP contribution in [0.25, 0.3) is 17.1 Å². The lowest BCUT2D eigenvalue weighted by molar-refractivity contribution is -0.113. The summed E-state index contributed by atoms with van der Waals surface area (Å²) in [4.78, 5) is 12.6. The maximum Gasteiger partial charge on any atom is 0.234 e. The van der Waals surface area contributed by atoms with E-state index in [-0.39, 0.29) is 11.7 Å². The summed E-state index contributed by atoms with van der Waals surface area (Å²) in [6.07, 6.45) is 0. The van der Waals surface area contributed by atoms with E-state index in [4.69, 9.17) is 0 Å². The molecule has 1 amide bonds. The van der Waals surface area contributed by atoms with Crippen molar-refractivity contribution in [1.29, 1.82) is 0 Å². The number of rotatable bonds is 6. The van der Waals surface area contributed by atoms with Gasteiger partial charge in [-0.2, -0.15) is 0 Å². The number of nitrogens with zero attached hydrogens (tertiary/aromatic N) is 3. The fourth-order valence-corrected chi connectivity index (χ4v) is 4.17. The summed E-state index contributed by atoms with van der Waals surface area (Å²) in [5, 5.41) is 12.5. The Balaban J connectivity index is 1.59. The predicted octanol–water partition coefficient (Wildman–Crippen LogP) is 5.59. The Labute approximate surface area is 186 Å². The number of hydrogen-bond acceptors (Lipinski definition) is 4. The van der Waals surface area contributed by atoms with Crippen molar-refractivity contribution in [3.05, 3.63) is 89.5 Å². The third-order valence-electron chi connectivity index (χ3n) is 4.91. The van der Waals surface area contributed by atoms with E-state index in [1.807, 2.05) is 73.0 Å². The molecule has 31 heavy (non-hydrogen) atoms. The third kappa shape index (κ3) is 4.86. The molecule has 0 unspecified atom stereocenters. The van der Waals surface area contributed by atoms with Crippen LogP contribution in [0.5, 0.6) is 0 Å². The van der Waals surface area contributed by atoms with Crippen LogP contribution in [0.3, 0.4) is 0 Å². The van der Waals surface area contributed by atoms with Gasteiger partial charge in [0.2, 0.25) is 5.91 Å². The molecule has 4 aromatic rings. The van der Waals surface area contributed by atoms with Crippen LogP contribution >= 0.6 is 11.8 Å². The molecule has 0 radical (unpaired) electrons. The van der Waals surface area contributed by atoms with Gasteiger partial charge in [-0.25, -0.2) is 0 Å². The summed E-state index contributed by atoms with van der Waals surface area (Å²) in [5.74, 6) is 0.926. The highest BCUT2D eigenvalue weighted by molar-refractivity contribution is 7.99. The van der Waals surface area contributed by atoms with E-state index in [1.165, 1.54) is 17.3 Å². The van der Waals surface area contributed by atoms with Crippen molar-refractivity contribution in [2.75, 3.05) is 11.1 Å². The molecule has 4 rings (SSSR count). The minimum Gasteiger partial charge on any atom is -0.325 e. The van der Waals surface area contributed by atoms with Crippen LogP contribution in [0.15, 0.2) is 78.0 Å². The summed E-state index contributed by atoms with van der Waals surface area (Å²) in [5.41, 5.74) is 6.16. The highest BCUT2D eigenvalue weighted by atomic mass is 32.2. The van der Waals surface area contributed by atoms with Crippen LogP contribution < -0.4 is 5.32 Å². The van der Waals surface area contributed by atoms with Crippen molar-refractivity contribution >= 4 is 23.4 Å². The van der Waals surface area contributed by atoms with Crippen molar-refractivity contribution in [2.45, 2.75) is 25.9 Å². The van der Waals surface area contributed by atoms with Gasteiger partial charge in [0.25, 0.3) is 0 Å². The number of benzene rings is 3. The summed E-state index contributed by atoms with van der Waals surface area (Å²) < 4.78 is 2.00. The van der Waals surface area contributed by atoms with Gasteiger partial charge in [0.05, 0.1) is 5.75 Å². The first-order valence-corrected chi connectivity index (χ1v) is 11.1. The first kappa shape index (κ1) is 20.9. The zero-order chi connectivity index (χ0) is 21.8. The number of nitrogens with one attached hydrogen (secondary N) is 1. The molecule has 5 nitrogen and oxygen atoms in total. The van der Waals surface area contributed by atoms with E-state index in [0.29, 0.717) is 5.16 Å². The van der Waals surface area contributed by atoms with Crippen molar-refractivity contribution in [3.8, 4) is 17.1 Å². The van der Waals surface area contributed by atoms with Gasteiger partial charge in [0.15, 0.2) is 11.0 Å². The molecule has 0 aliphatic heterocycles. The molecule has 0 aliphatic carbocycles. The molecule has 1 N–H and O–H groups in total. The van der Waals surface area contributed by atoms with Crippen LogP contribution in [0.1, 0.15) is 16.7 Å². The molecule has 0 spiro atoms. The molecule has 6 heteroatoms. The molecule has 3 aromatic carbocycles. The minimum atomic E-state index is -0.0725. The molecule has 0 atom stereocenters. The van der Waals surface area contributed by atoms with Gasteiger partial charge in [-0.15, -0.1) is 10.2 Å².